The minimum absolute atomic E-state index is 0.0619. The number of methoxy groups -OCH3 is 1. The number of carbonyl (C=O) groups excluding carboxylic acids is 1. The van der Waals surface area contributed by atoms with Gasteiger partial charge in [0.05, 0.1) is 24.4 Å². The van der Waals surface area contributed by atoms with Gasteiger partial charge in [-0.05, 0) is 52.7 Å². The van der Waals surface area contributed by atoms with Crippen LogP contribution in [0.5, 0.6) is 0 Å². The molecule has 1 aromatic heterocycles. The summed E-state index contributed by atoms with van der Waals surface area (Å²) in [6.45, 7) is 10.8. The molecule has 0 aromatic carbocycles. The minimum atomic E-state index is -0.501. The highest BCUT2D eigenvalue weighted by molar-refractivity contribution is 5.69. The van der Waals surface area contributed by atoms with Gasteiger partial charge in [-0.3, -0.25) is 0 Å². The van der Waals surface area contributed by atoms with Gasteiger partial charge in [0.25, 0.3) is 0 Å². The maximum absolute atomic E-state index is 12.5. The van der Waals surface area contributed by atoms with E-state index < -0.39 is 5.60 Å². The van der Waals surface area contributed by atoms with Crippen molar-refractivity contribution < 1.29 is 19.4 Å². The Morgan fingerprint density at radius 2 is 2.11 bits per heavy atom. The number of fused-ring (bicyclic) bond motifs is 3. The van der Waals surface area contributed by atoms with Gasteiger partial charge >= 0.3 is 6.09 Å². The number of aromatic nitrogens is 1. The fraction of sp³-hybridized carbons (Fsp3) is 0.700. The molecule has 3 heterocycles. The summed E-state index contributed by atoms with van der Waals surface area (Å²) in [5, 5.41) is 9.75. The molecule has 0 aliphatic carbocycles. The van der Waals surface area contributed by atoms with Crippen molar-refractivity contribution in [3.05, 3.63) is 22.9 Å². The first kappa shape index (κ1) is 19.9. The second-order valence-electron chi connectivity index (χ2n) is 8.55. The van der Waals surface area contributed by atoms with Crippen LogP contribution >= 0.6 is 0 Å². The van der Waals surface area contributed by atoms with E-state index in [-0.39, 0.29) is 30.9 Å². The SMILES string of the molecule is CO[C@H](C)c1nc2c(cc1CO)C[C@@H]1CN(C(=O)OC(C)(C)C)C[C@@H](C)N21. The molecule has 2 aliphatic rings. The third kappa shape index (κ3) is 3.89. The molecule has 3 rings (SSSR count). The summed E-state index contributed by atoms with van der Waals surface area (Å²) in [7, 11) is 1.64. The van der Waals surface area contributed by atoms with Crippen molar-refractivity contribution in [2.24, 2.45) is 0 Å². The number of rotatable bonds is 3. The number of ether oxygens (including phenoxy) is 2. The van der Waals surface area contributed by atoms with Crippen molar-refractivity contribution in [2.75, 3.05) is 25.1 Å². The highest BCUT2D eigenvalue weighted by Gasteiger charge is 2.42. The number of pyridine rings is 1. The molecule has 2 aliphatic heterocycles. The average molecular weight is 377 g/mol. The number of carbonyl (C=O) groups is 1. The molecule has 0 unspecified atom stereocenters. The number of hydrogen-bond donors (Lipinski definition) is 1. The zero-order valence-corrected chi connectivity index (χ0v) is 17.2. The third-order valence-electron chi connectivity index (χ3n) is 5.24. The molecule has 7 heteroatoms. The molecule has 7 nitrogen and oxygen atoms in total. The second-order valence-corrected chi connectivity index (χ2v) is 8.55. The van der Waals surface area contributed by atoms with Crippen LogP contribution in [-0.2, 0) is 22.5 Å². The Morgan fingerprint density at radius 3 is 2.70 bits per heavy atom. The van der Waals surface area contributed by atoms with Gasteiger partial charge in [-0.2, -0.15) is 0 Å². The first-order chi connectivity index (χ1) is 12.6. The molecule has 1 amide bonds. The van der Waals surface area contributed by atoms with Gasteiger partial charge in [0.15, 0.2) is 0 Å². The zero-order chi connectivity index (χ0) is 19.9. The van der Waals surface area contributed by atoms with E-state index in [1.165, 1.54) is 0 Å². The normalized spacial score (nSPS) is 23.1. The molecule has 0 saturated carbocycles. The Kier molecular flexibility index (Phi) is 5.36. The molecule has 1 N–H and O–H groups in total. The lowest BCUT2D eigenvalue weighted by atomic mass is 10.0. The van der Waals surface area contributed by atoms with Gasteiger partial charge in [-0.25, -0.2) is 9.78 Å². The maximum Gasteiger partial charge on any atom is 0.410 e. The molecule has 150 valence electrons. The molecular formula is C20H31N3O4. The molecular weight excluding hydrogens is 346 g/mol. The number of hydrogen-bond acceptors (Lipinski definition) is 6. The molecule has 0 bridgehead atoms. The van der Waals surface area contributed by atoms with E-state index in [1.807, 2.05) is 33.8 Å². The molecule has 0 radical (unpaired) electrons. The average Bonchev–Trinajstić information content (AvgIpc) is 2.96. The summed E-state index contributed by atoms with van der Waals surface area (Å²) < 4.78 is 11.0. The van der Waals surface area contributed by atoms with Crippen LogP contribution in [0.2, 0.25) is 0 Å². The Morgan fingerprint density at radius 1 is 1.41 bits per heavy atom. The summed E-state index contributed by atoms with van der Waals surface area (Å²) >= 11 is 0. The van der Waals surface area contributed by atoms with Gasteiger partial charge in [-0.15, -0.1) is 0 Å². The second kappa shape index (κ2) is 7.28. The first-order valence-corrected chi connectivity index (χ1v) is 9.57. The zero-order valence-electron chi connectivity index (χ0n) is 17.2. The van der Waals surface area contributed by atoms with Crippen molar-refractivity contribution in [2.45, 2.75) is 71.4 Å². The van der Waals surface area contributed by atoms with Crippen LogP contribution in [0.3, 0.4) is 0 Å². The van der Waals surface area contributed by atoms with Crippen molar-refractivity contribution in [3.63, 3.8) is 0 Å². The van der Waals surface area contributed by atoms with Crippen LogP contribution in [-0.4, -0.2) is 59.0 Å². The predicted octanol–water partition coefficient (Wildman–Crippen LogP) is 2.65. The topological polar surface area (TPSA) is 75.1 Å². The van der Waals surface area contributed by atoms with E-state index >= 15 is 0 Å². The Balaban J connectivity index is 1.85. The van der Waals surface area contributed by atoms with E-state index in [9.17, 15) is 9.90 Å². The number of piperazine rings is 1. The van der Waals surface area contributed by atoms with Crippen LogP contribution in [0.1, 0.15) is 57.5 Å². The van der Waals surface area contributed by atoms with E-state index in [1.54, 1.807) is 12.0 Å². The van der Waals surface area contributed by atoms with E-state index in [2.05, 4.69) is 11.8 Å². The number of aliphatic hydroxyl groups excluding tert-OH is 1. The third-order valence-corrected chi connectivity index (χ3v) is 5.24. The predicted molar refractivity (Wildman–Crippen MR) is 103 cm³/mol. The number of anilines is 1. The quantitative estimate of drug-likeness (QED) is 0.873. The summed E-state index contributed by atoms with van der Waals surface area (Å²) in [5.74, 6) is 0.951. The van der Waals surface area contributed by atoms with E-state index in [4.69, 9.17) is 14.5 Å². The number of amides is 1. The Hall–Kier alpha value is -1.86. The molecule has 0 spiro atoms. The monoisotopic (exact) mass is 377 g/mol. The summed E-state index contributed by atoms with van der Waals surface area (Å²) in [5.41, 5.74) is 2.20. The largest absolute Gasteiger partial charge is 0.444 e. The van der Waals surface area contributed by atoms with E-state index in [0.717, 1.165) is 29.1 Å². The van der Waals surface area contributed by atoms with Crippen molar-refractivity contribution in [1.82, 2.24) is 9.88 Å². The molecule has 1 saturated heterocycles. The van der Waals surface area contributed by atoms with Crippen molar-refractivity contribution in [3.8, 4) is 0 Å². The van der Waals surface area contributed by atoms with Gasteiger partial charge in [0.2, 0.25) is 0 Å². The fourth-order valence-electron chi connectivity index (χ4n) is 4.03. The number of nitrogens with zero attached hydrogens (tertiary/aromatic N) is 3. The lowest BCUT2D eigenvalue weighted by Gasteiger charge is -2.43. The van der Waals surface area contributed by atoms with Gasteiger partial charge in [-0.1, -0.05) is 0 Å². The van der Waals surface area contributed by atoms with Gasteiger partial charge in [0.1, 0.15) is 11.4 Å². The maximum atomic E-state index is 12.5. The van der Waals surface area contributed by atoms with Crippen LogP contribution in [0.4, 0.5) is 10.6 Å². The van der Waals surface area contributed by atoms with Crippen molar-refractivity contribution in [1.29, 1.82) is 0 Å². The smallest absolute Gasteiger partial charge is 0.410 e. The van der Waals surface area contributed by atoms with Crippen LogP contribution in [0.15, 0.2) is 6.07 Å². The highest BCUT2D eigenvalue weighted by Crippen LogP contribution is 2.38. The minimum Gasteiger partial charge on any atom is -0.444 e. The summed E-state index contributed by atoms with van der Waals surface area (Å²) in [6.07, 6.45) is 0.359. The summed E-state index contributed by atoms with van der Waals surface area (Å²) in [6, 6.07) is 2.34. The van der Waals surface area contributed by atoms with Crippen LogP contribution in [0, 0.1) is 0 Å². The van der Waals surface area contributed by atoms with Gasteiger partial charge < -0.3 is 24.4 Å². The first-order valence-electron chi connectivity index (χ1n) is 9.57. The van der Waals surface area contributed by atoms with Crippen LogP contribution < -0.4 is 4.90 Å². The van der Waals surface area contributed by atoms with Crippen LogP contribution in [0.25, 0.3) is 0 Å². The summed E-state index contributed by atoms with van der Waals surface area (Å²) in [4.78, 5) is 21.5. The molecule has 1 fully saturated rings. The lowest BCUT2D eigenvalue weighted by molar-refractivity contribution is 0.0191. The van der Waals surface area contributed by atoms with Crippen molar-refractivity contribution >= 4 is 11.9 Å². The Labute approximate surface area is 161 Å². The fourth-order valence-corrected chi connectivity index (χ4v) is 4.03. The molecule has 1 aromatic rings. The lowest BCUT2D eigenvalue weighted by Crippen LogP contribution is -2.58. The van der Waals surface area contributed by atoms with Gasteiger partial charge in [0, 0.05) is 31.8 Å². The van der Waals surface area contributed by atoms with E-state index in [0.29, 0.717) is 13.1 Å². The number of aliphatic hydroxyl groups is 1. The molecule has 3 atom stereocenters. The highest BCUT2D eigenvalue weighted by atomic mass is 16.6. The standard InChI is InChI=1S/C20H31N3O4/c1-12-9-22(19(25)27-20(3,4)5)10-16-8-14-7-15(11-24)17(13(2)26-6)21-18(14)23(12)16/h7,12-13,16,24H,8-11H2,1-6H3/t12-,13-,16-/m1/s1. The Bertz CT molecular complexity index is 716. The molecule has 27 heavy (non-hydrogen) atoms.